The summed E-state index contributed by atoms with van der Waals surface area (Å²) >= 11 is 0. The quantitative estimate of drug-likeness (QED) is 0.676. The van der Waals surface area contributed by atoms with E-state index in [2.05, 4.69) is 10.6 Å². The molecule has 2 N–H and O–H groups in total. The Bertz CT molecular complexity index is 843. The highest BCUT2D eigenvalue weighted by Crippen LogP contribution is 2.32. The second kappa shape index (κ2) is 8.33. The number of ether oxygens (including phenoxy) is 1. The molecule has 2 saturated heterocycles. The van der Waals surface area contributed by atoms with Gasteiger partial charge in [-0.2, -0.15) is 0 Å². The summed E-state index contributed by atoms with van der Waals surface area (Å²) in [6, 6.07) is 5.11. The second-order valence-electron chi connectivity index (χ2n) is 8.02. The van der Waals surface area contributed by atoms with Gasteiger partial charge in [0.1, 0.15) is 11.8 Å². The average Bonchev–Trinajstić information content (AvgIpc) is 3.55. The molecule has 9 nitrogen and oxygen atoms in total. The molecule has 1 aliphatic carbocycles. The van der Waals surface area contributed by atoms with Crippen LogP contribution in [0.25, 0.3) is 0 Å². The number of nitrogens with zero attached hydrogens (tertiary/aromatic N) is 2. The van der Waals surface area contributed by atoms with Gasteiger partial charge in [0.2, 0.25) is 11.8 Å². The summed E-state index contributed by atoms with van der Waals surface area (Å²) in [4.78, 5) is 52.4. The molecule has 0 aromatic heterocycles. The zero-order valence-corrected chi connectivity index (χ0v) is 16.9. The molecule has 1 saturated carbocycles. The fourth-order valence-electron chi connectivity index (χ4n) is 3.95. The average molecular weight is 414 g/mol. The largest absolute Gasteiger partial charge is 0.497 e. The number of hydrogen-bond donors (Lipinski definition) is 2. The zero-order valence-electron chi connectivity index (χ0n) is 16.9. The van der Waals surface area contributed by atoms with Gasteiger partial charge < -0.3 is 20.3 Å². The zero-order chi connectivity index (χ0) is 21.3. The molecule has 3 aliphatic rings. The van der Waals surface area contributed by atoms with Crippen molar-refractivity contribution in [2.75, 3.05) is 25.1 Å². The maximum absolute atomic E-state index is 12.7. The van der Waals surface area contributed by atoms with Crippen molar-refractivity contribution in [3.05, 3.63) is 24.3 Å². The molecular formula is C21H26N4O5. The molecule has 160 valence electrons. The first-order valence-electron chi connectivity index (χ1n) is 10.3. The fraction of sp³-hybridized carbons (Fsp3) is 0.524. The highest BCUT2D eigenvalue weighted by molar-refractivity contribution is 6.22. The number of carbonyl (C=O) groups excluding carboxylic acids is 4. The summed E-state index contributed by atoms with van der Waals surface area (Å²) < 4.78 is 5.09. The van der Waals surface area contributed by atoms with Crippen molar-refractivity contribution in [2.24, 2.45) is 5.92 Å². The van der Waals surface area contributed by atoms with Crippen LogP contribution < -0.4 is 20.3 Å². The molecular weight excluding hydrogens is 388 g/mol. The van der Waals surface area contributed by atoms with Gasteiger partial charge in [-0.25, -0.2) is 9.69 Å². The molecule has 1 aromatic carbocycles. The second-order valence-corrected chi connectivity index (χ2v) is 8.02. The molecule has 0 spiro atoms. The molecule has 1 unspecified atom stereocenters. The Morgan fingerprint density at radius 3 is 2.37 bits per heavy atom. The molecule has 3 fully saturated rings. The number of piperidine rings is 1. The van der Waals surface area contributed by atoms with Gasteiger partial charge in [0.15, 0.2) is 0 Å². The predicted octanol–water partition coefficient (Wildman–Crippen LogP) is 1.03. The van der Waals surface area contributed by atoms with Crippen LogP contribution in [0.5, 0.6) is 5.75 Å². The van der Waals surface area contributed by atoms with E-state index in [-0.39, 0.29) is 30.2 Å². The van der Waals surface area contributed by atoms with Gasteiger partial charge in [-0.3, -0.25) is 14.4 Å². The van der Waals surface area contributed by atoms with Crippen LogP contribution in [-0.2, 0) is 14.4 Å². The topological polar surface area (TPSA) is 108 Å². The van der Waals surface area contributed by atoms with E-state index in [0.717, 1.165) is 17.7 Å². The molecule has 2 aliphatic heterocycles. The maximum Gasteiger partial charge on any atom is 0.329 e. The van der Waals surface area contributed by atoms with E-state index in [9.17, 15) is 19.2 Å². The smallest absolute Gasteiger partial charge is 0.329 e. The third-order valence-electron chi connectivity index (χ3n) is 5.84. The number of likely N-dealkylation sites (tertiary alicyclic amines) is 1. The lowest BCUT2D eigenvalue weighted by molar-refractivity contribution is -0.133. The third kappa shape index (κ3) is 4.24. The summed E-state index contributed by atoms with van der Waals surface area (Å²) in [5, 5.41) is 5.52. The van der Waals surface area contributed by atoms with Crippen molar-refractivity contribution in [1.29, 1.82) is 0 Å². The van der Waals surface area contributed by atoms with Crippen LogP contribution in [0.2, 0.25) is 0 Å². The molecule has 1 aromatic rings. The van der Waals surface area contributed by atoms with E-state index >= 15 is 0 Å². The molecule has 30 heavy (non-hydrogen) atoms. The lowest BCUT2D eigenvalue weighted by Crippen LogP contribution is -2.48. The molecule has 1 atom stereocenters. The first kappa shape index (κ1) is 20.2. The predicted molar refractivity (Wildman–Crippen MR) is 108 cm³/mol. The normalized spacial score (nSPS) is 22.1. The number of hydrogen-bond acceptors (Lipinski definition) is 5. The van der Waals surface area contributed by atoms with E-state index in [1.54, 1.807) is 24.3 Å². The fourth-order valence-corrected chi connectivity index (χ4v) is 3.95. The molecule has 0 radical (unpaired) electrons. The van der Waals surface area contributed by atoms with Crippen molar-refractivity contribution in [2.45, 2.75) is 44.2 Å². The summed E-state index contributed by atoms with van der Waals surface area (Å²) in [5.74, 6) is 0.327. The van der Waals surface area contributed by atoms with Crippen LogP contribution in [0.3, 0.4) is 0 Å². The SMILES string of the molecule is COc1ccc(N2C(=O)NC(CC(=O)NC3CCN(C(=O)C4CC4)CC3)C2=O)cc1. The van der Waals surface area contributed by atoms with Gasteiger partial charge in [0.25, 0.3) is 5.91 Å². The Morgan fingerprint density at radius 1 is 1.10 bits per heavy atom. The van der Waals surface area contributed by atoms with E-state index in [0.29, 0.717) is 37.4 Å². The minimum Gasteiger partial charge on any atom is -0.497 e. The number of methoxy groups -OCH3 is 1. The molecule has 5 amide bonds. The van der Waals surface area contributed by atoms with Gasteiger partial charge >= 0.3 is 6.03 Å². The molecule has 0 bridgehead atoms. The summed E-state index contributed by atoms with van der Waals surface area (Å²) in [7, 11) is 1.53. The van der Waals surface area contributed by atoms with Crippen LogP contribution in [0.15, 0.2) is 24.3 Å². The summed E-state index contributed by atoms with van der Waals surface area (Å²) in [6.07, 6.45) is 3.27. The van der Waals surface area contributed by atoms with E-state index < -0.39 is 18.0 Å². The van der Waals surface area contributed by atoms with Crippen LogP contribution in [-0.4, -0.2) is 60.9 Å². The standard InChI is InChI=1S/C21H26N4O5/c1-30-16-6-4-15(5-7-16)25-20(28)17(23-21(25)29)12-18(26)22-14-8-10-24(11-9-14)19(27)13-2-3-13/h4-7,13-14,17H,2-3,8-12H2,1H3,(H,22,26)(H,23,29). The lowest BCUT2D eigenvalue weighted by Gasteiger charge is -2.32. The highest BCUT2D eigenvalue weighted by atomic mass is 16.5. The Kier molecular flexibility index (Phi) is 5.61. The number of urea groups is 1. The van der Waals surface area contributed by atoms with Crippen molar-refractivity contribution < 1.29 is 23.9 Å². The molecule has 2 heterocycles. The minimum atomic E-state index is -0.892. The van der Waals surface area contributed by atoms with Gasteiger partial charge in [-0.15, -0.1) is 0 Å². The molecule has 9 heteroatoms. The van der Waals surface area contributed by atoms with Crippen molar-refractivity contribution >= 4 is 29.4 Å². The van der Waals surface area contributed by atoms with Crippen molar-refractivity contribution in [3.63, 3.8) is 0 Å². The van der Waals surface area contributed by atoms with Crippen LogP contribution in [0.1, 0.15) is 32.1 Å². The highest BCUT2D eigenvalue weighted by Gasteiger charge is 2.40. The Morgan fingerprint density at radius 2 is 1.77 bits per heavy atom. The summed E-state index contributed by atoms with van der Waals surface area (Å²) in [6.45, 7) is 1.29. The first-order valence-corrected chi connectivity index (χ1v) is 10.3. The van der Waals surface area contributed by atoms with Gasteiger partial charge in [-0.05, 0) is 49.9 Å². The first-order chi connectivity index (χ1) is 14.5. The number of nitrogens with one attached hydrogen (secondary N) is 2. The van der Waals surface area contributed by atoms with Gasteiger partial charge in [0, 0.05) is 25.0 Å². The number of rotatable bonds is 6. The van der Waals surface area contributed by atoms with Gasteiger partial charge in [-0.1, -0.05) is 0 Å². The minimum absolute atomic E-state index is 0.0225. The van der Waals surface area contributed by atoms with Gasteiger partial charge in [0.05, 0.1) is 19.2 Å². The van der Waals surface area contributed by atoms with Crippen LogP contribution in [0.4, 0.5) is 10.5 Å². The third-order valence-corrected chi connectivity index (χ3v) is 5.84. The number of anilines is 1. The van der Waals surface area contributed by atoms with E-state index in [1.807, 2.05) is 4.90 Å². The van der Waals surface area contributed by atoms with E-state index in [4.69, 9.17) is 4.74 Å². The van der Waals surface area contributed by atoms with Crippen LogP contribution >= 0.6 is 0 Å². The number of benzene rings is 1. The monoisotopic (exact) mass is 414 g/mol. The Hall–Kier alpha value is -3.10. The van der Waals surface area contributed by atoms with Crippen molar-refractivity contribution in [1.82, 2.24) is 15.5 Å². The maximum atomic E-state index is 12.7. The van der Waals surface area contributed by atoms with Crippen LogP contribution in [0, 0.1) is 5.92 Å². The van der Waals surface area contributed by atoms with Crippen molar-refractivity contribution in [3.8, 4) is 5.75 Å². The number of amides is 5. The summed E-state index contributed by atoms with van der Waals surface area (Å²) in [5.41, 5.74) is 0.425. The number of imide groups is 1. The molecule has 4 rings (SSSR count). The Balaban J connectivity index is 1.28. The number of carbonyl (C=O) groups is 4. The Labute approximate surface area is 174 Å². The van der Waals surface area contributed by atoms with E-state index in [1.165, 1.54) is 7.11 Å². The lowest BCUT2D eigenvalue weighted by atomic mass is 10.0.